The van der Waals surface area contributed by atoms with Crippen LogP contribution >= 0.6 is 0 Å². The zero-order chi connectivity index (χ0) is 24.8. The molecule has 1 atom stereocenters. The van der Waals surface area contributed by atoms with Crippen molar-refractivity contribution in [2.45, 2.75) is 44.2 Å². The third kappa shape index (κ3) is 5.62. The van der Waals surface area contributed by atoms with E-state index < -0.39 is 23.8 Å². The van der Waals surface area contributed by atoms with Crippen LogP contribution in [-0.2, 0) is 19.1 Å². The van der Waals surface area contributed by atoms with Gasteiger partial charge in [0.2, 0.25) is 5.91 Å². The van der Waals surface area contributed by atoms with E-state index in [1.807, 2.05) is 18.2 Å². The van der Waals surface area contributed by atoms with Crippen molar-refractivity contribution in [1.29, 1.82) is 0 Å². The van der Waals surface area contributed by atoms with Crippen molar-refractivity contribution in [1.82, 2.24) is 10.6 Å². The van der Waals surface area contributed by atoms with Gasteiger partial charge in [0.15, 0.2) is 6.61 Å². The van der Waals surface area contributed by atoms with Gasteiger partial charge < -0.3 is 20.1 Å². The number of carbonyl (C=O) groups is 4. The van der Waals surface area contributed by atoms with Gasteiger partial charge in [0.25, 0.3) is 11.8 Å². The number of ether oxygens (including phenoxy) is 2. The summed E-state index contributed by atoms with van der Waals surface area (Å²) < 4.78 is 10.2. The fraction of sp³-hybridized carbons (Fsp3) is 0.385. The molecule has 0 spiro atoms. The molecule has 2 N–H and O–H groups in total. The summed E-state index contributed by atoms with van der Waals surface area (Å²) in [5.41, 5.74) is 1.19. The Hall–Kier alpha value is -3.88. The number of fused-ring (bicyclic) bond motifs is 1. The smallest absolute Gasteiger partial charge is 0.325 e. The lowest BCUT2D eigenvalue weighted by Gasteiger charge is -2.36. The Morgan fingerprint density at radius 1 is 1.09 bits per heavy atom. The predicted octanol–water partition coefficient (Wildman–Crippen LogP) is 2.50. The highest BCUT2D eigenvalue weighted by Gasteiger charge is 2.38. The van der Waals surface area contributed by atoms with Crippen LogP contribution in [0.25, 0.3) is 0 Å². The summed E-state index contributed by atoms with van der Waals surface area (Å²) in [5.74, 6) is -1.37. The molecule has 9 heteroatoms. The van der Waals surface area contributed by atoms with E-state index in [4.69, 9.17) is 4.74 Å². The normalized spacial score (nSPS) is 16.5. The first-order valence-corrected chi connectivity index (χ1v) is 11.8. The molecule has 4 rings (SSSR count). The highest BCUT2D eigenvalue weighted by molar-refractivity contribution is 6.06. The quantitative estimate of drug-likeness (QED) is 0.590. The van der Waals surface area contributed by atoms with E-state index in [0.29, 0.717) is 17.0 Å². The molecule has 3 amide bonds. The molecule has 0 radical (unpaired) electrons. The molecule has 2 aromatic carbocycles. The zero-order valence-corrected chi connectivity index (χ0v) is 19.6. The molecule has 1 fully saturated rings. The lowest BCUT2D eigenvalue weighted by atomic mass is 9.94. The van der Waals surface area contributed by atoms with Crippen molar-refractivity contribution < 1.29 is 28.7 Å². The van der Waals surface area contributed by atoms with Gasteiger partial charge in [0.1, 0.15) is 18.3 Å². The second kappa shape index (κ2) is 11.0. The number of anilines is 1. The van der Waals surface area contributed by atoms with E-state index in [1.165, 1.54) is 18.1 Å². The molecule has 1 heterocycles. The molecular formula is C26H29N3O6. The van der Waals surface area contributed by atoms with Gasteiger partial charge in [0, 0.05) is 11.6 Å². The molecule has 9 nitrogen and oxygen atoms in total. The van der Waals surface area contributed by atoms with Crippen LogP contribution in [0.15, 0.2) is 48.5 Å². The van der Waals surface area contributed by atoms with E-state index in [0.717, 1.165) is 32.1 Å². The molecule has 0 bridgehead atoms. The Morgan fingerprint density at radius 3 is 2.54 bits per heavy atom. The fourth-order valence-electron chi connectivity index (χ4n) is 4.50. The predicted molar refractivity (Wildman–Crippen MR) is 128 cm³/mol. The molecule has 1 aliphatic heterocycles. The number of rotatable bonds is 7. The Bertz CT molecular complexity index is 1100. The lowest BCUT2D eigenvalue weighted by Crippen LogP contribution is -2.50. The number of benzene rings is 2. The molecule has 1 saturated carbocycles. The summed E-state index contributed by atoms with van der Waals surface area (Å²) in [6.45, 7) is -0.511. The molecule has 2 aromatic rings. The van der Waals surface area contributed by atoms with Crippen LogP contribution in [0.4, 0.5) is 5.69 Å². The summed E-state index contributed by atoms with van der Waals surface area (Å²) in [6.07, 6.45) is 5.09. The first kappa shape index (κ1) is 24.3. The van der Waals surface area contributed by atoms with Gasteiger partial charge in [-0.2, -0.15) is 0 Å². The topological polar surface area (TPSA) is 114 Å². The first-order chi connectivity index (χ1) is 17.0. The standard InChI is InChI=1S/C26H29N3O6/c1-34-23(31)15-27-25(32)18-12-13-21-20(14-18)29(22(30)16-35-21)24(17-8-4-2-5-9-17)26(33)28-19-10-6-3-7-11-19/h2,4-5,8-9,12-14,19,24H,3,6-7,10-11,15-16H2,1H3,(H,27,32)(H,28,33). The van der Waals surface area contributed by atoms with Gasteiger partial charge in [-0.25, -0.2) is 0 Å². The van der Waals surface area contributed by atoms with Crippen LogP contribution in [0.5, 0.6) is 5.75 Å². The van der Waals surface area contributed by atoms with Crippen LogP contribution in [0.2, 0.25) is 0 Å². The highest BCUT2D eigenvalue weighted by atomic mass is 16.5. The Labute approximate surface area is 203 Å². The zero-order valence-electron chi connectivity index (χ0n) is 19.6. The SMILES string of the molecule is COC(=O)CNC(=O)c1ccc2c(c1)N(C(C(=O)NC1CCCCC1)c1ccccc1)C(=O)CO2. The molecule has 0 aromatic heterocycles. The number of amides is 3. The number of nitrogens with one attached hydrogen (secondary N) is 2. The Balaban J connectivity index is 1.68. The van der Waals surface area contributed by atoms with E-state index >= 15 is 0 Å². The van der Waals surface area contributed by atoms with Crippen molar-refractivity contribution in [3.8, 4) is 5.75 Å². The van der Waals surface area contributed by atoms with E-state index in [1.54, 1.807) is 24.3 Å². The van der Waals surface area contributed by atoms with Crippen molar-refractivity contribution in [2.24, 2.45) is 0 Å². The number of nitrogens with zero attached hydrogens (tertiary/aromatic N) is 1. The maximum atomic E-state index is 13.6. The monoisotopic (exact) mass is 479 g/mol. The Kier molecular flexibility index (Phi) is 7.64. The van der Waals surface area contributed by atoms with E-state index in [2.05, 4.69) is 15.4 Å². The fourth-order valence-corrected chi connectivity index (χ4v) is 4.50. The molecule has 35 heavy (non-hydrogen) atoms. The van der Waals surface area contributed by atoms with E-state index in [-0.39, 0.29) is 30.7 Å². The summed E-state index contributed by atoms with van der Waals surface area (Å²) in [4.78, 5) is 52.2. The average Bonchev–Trinajstić information content (AvgIpc) is 2.89. The second-order valence-corrected chi connectivity index (χ2v) is 8.65. The number of hydrogen-bond donors (Lipinski definition) is 2. The van der Waals surface area contributed by atoms with Gasteiger partial charge in [-0.15, -0.1) is 0 Å². The second-order valence-electron chi connectivity index (χ2n) is 8.65. The van der Waals surface area contributed by atoms with Gasteiger partial charge in [-0.05, 0) is 36.6 Å². The maximum absolute atomic E-state index is 13.6. The van der Waals surface area contributed by atoms with Gasteiger partial charge in [-0.3, -0.25) is 24.1 Å². The third-order valence-electron chi connectivity index (χ3n) is 6.29. The minimum Gasteiger partial charge on any atom is -0.482 e. The molecule has 2 aliphatic rings. The van der Waals surface area contributed by atoms with Crippen molar-refractivity contribution in [2.75, 3.05) is 25.2 Å². The number of hydrogen-bond acceptors (Lipinski definition) is 6. The lowest BCUT2D eigenvalue weighted by molar-refractivity contribution is -0.139. The largest absolute Gasteiger partial charge is 0.482 e. The summed E-state index contributed by atoms with van der Waals surface area (Å²) >= 11 is 0. The van der Waals surface area contributed by atoms with Crippen LogP contribution < -0.4 is 20.3 Å². The molecular weight excluding hydrogens is 450 g/mol. The van der Waals surface area contributed by atoms with Crippen molar-refractivity contribution in [3.05, 3.63) is 59.7 Å². The van der Waals surface area contributed by atoms with Gasteiger partial charge >= 0.3 is 5.97 Å². The van der Waals surface area contributed by atoms with Crippen LogP contribution in [-0.4, -0.2) is 50.0 Å². The van der Waals surface area contributed by atoms with E-state index in [9.17, 15) is 19.2 Å². The number of carbonyl (C=O) groups excluding carboxylic acids is 4. The third-order valence-corrected chi connectivity index (χ3v) is 6.29. The maximum Gasteiger partial charge on any atom is 0.325 e. The van der Waals surface area contributed by atoms with Crippen LogP contribution in [0.1, 0.15) is 54.1 Å². The first-order valence-electron chi connectivity index (χ1n) is 11.8. The number of esters is 1. The minimum atomic E-state index is -0.929. The molecule has 1 aliphatic carbocycles. The van der Waals surface area contributed by atoms with Gasteiger partial charge in [0.05, 0.1) is 12.8 Å². The minimum absolute atomic E-state index is 0.0634. The average molecular weight is 480 g/mol. The summed E-state index contributed by atoms with van der Waals surface area (Å²) in [7, 11) is 1.23. The Morgan fingerprint density at radius 2 is 1.83 bits per heavy atom. The highest BCUT2D eigenvalue weighted by Crippen LogP contribution is 2.38. The summed E-state index contributed by atoms with van der Waals surface area (Å²) in [6, 6.07) is 12.9. The van der Waals surface area contributed by atoms with Crippen molar-refractivity contribution >= 4 is 29.4 Å². The summed E-state index contributed by atoms with van der Waals surface area (Å²) in [5, 5.41) is 5.62. The van der Waals surface area contributed by atoms with Gasteiger partial charge in [-0.1, -0.05) is 49.6 Å². The molecule has 0 saturated heterocycles. The van der Waals surface area contributed by atoms with Crippen LogP contribution in [0.3, 0.4) is 0 Å². The van der Waals surface area contributed by atoms with Crippen molar-refractivity contribution in [3.63, 3.8) is 0 Å². The molecule has 184 valence electrons. The van der Waals surface area contributed by atoms with Crippen LogP contribution in [0, 0.1) is 0 Å². The number of methoxy groups -OCH3 is 1. The molecule has 1 unspecified atom stereocenters.